The third-order valence-electron chi connectivity index (χ3n) is 5.26. The van der Waals surface area contributed by atoms with Crippen LogP contribution in [-0.4, -0.2) is 0 Å². The first-order valence-electron chi connectivity index (χ1n) is 8.33. The number of hydrogen-bond donors (Lipinski definition) is 0. The zero-order chi connectivity index (χ0) is 15.6. The Morgan fingerprint density at radius 1 is 1.29 bits per heavy atom. The molecule has 0 nitrogen and oxygen atoms in total. The SMILES string of the molecule is C=C(CC(C)[C@H](c1ccc(F)cc1C)C1CCC1)C(C)C. The molecule has 2 atom stereocenters. The van der Waals surface area contributed by atoms with Crippen LogP contribution in [0.5, 0.6) is 0 Å². The lowest BCUT2D eigenvalue weighted by molar-refractivity contribution is 0.210. The summed E-state index contributed by atoms with van der Waals surface area (Å²) in [4.78, 5) is 0. The van der Waals surface area contributed by atoms with Gasteiger partial charge in [0.15, 0.2) is 0 Å². The van der Waals surface area contributed by atoms with E-state index in [0.717, 1.165) is 17.9 Å². The van der Waals surface area contributed by atoms with Gasteiger partial charge in [-0.05, 0) is 73.1 Å². The Morgan fingerprint density at radius 2 is 1.95 bits per heavy atom. The average molecular weight is 288 g/mol. The van der Waals surface area contributed by atoms with Crippen LogP contribution in [0.25, 0.3) is 0 Å². The smallest absolute Gasteiger partial charge is 0.123 e. The number of hydrogen-bond acceptors (Lipinski definition) is 0. The normalized spacial score (nSPS) is 18.4. The van der Waals surface area contributed by atoms with Crippen molar-refractivity contribution < 1.29 is 4.39 Å². The van der Waals surface area contributed by atoms with Gasteiger partial charge in [0.05, 0.1) is 0 Å². The predicted molar refractivity (Wildman–Crippen MR) is 89.0 cm³/mol. The fraction of sp³-hybridized carbons (Fsp3) is 0.600. The van der Waals surface area contributed by atoms with E-state index in [0.29, 0.717) is 17.8 Å². The molecule has 0 saturated heterocycles. The highest BCUT2D eigenvalue weighted by Gasteiger charge is 2.33. The van der Waals surface area contributed by atoms with Crippen LogP contribution in [0.1, 0.15) is 63.5 Å². The van der Waals surface area contributed by atoms with Gasteiger partial charge in [-0.2, -0.15) is 0 Å². The zero-order valence-electron chi connectivity index (χ0n) is 14.0. The minimum absolute atomic E-state index is 0.122. The molecule has 1 unspecified atom stereocenters. The monoisotopic (exact) mass is 288 g/mol. The van der Waals surface area contributed by atoms with Gasteiger partial charge in [-0.15, -0.1) is 0 Å². The molecule has 2 rings (SSSR count). The molecule has 0 radical (unpaired) electrons. The highest BCUT2D eigenvalue weighted by molar-refractivity contribution is 5.31. The highest BCUT2D eigenvalue weighted by Crippen LogP contribution is 2.46. The van der Waals surface area contributed by atoms with E-state index in [4.69, 9.17) is 0 Å². The van der Waals surface area contributed by atoms with E-state index >= 15 is 0 Å². The van der Waals surface area contributed by atoms with Crippen LogP contribution in [-0.2, 0) is 0 Å². The van der Waals surface area contributed by atoms with Crippen molar-refractivity contribution in [3.8, 4) is 0 Å². The first-order chi connectivity index (χ1) is 9.90. The van der Waals surface area contributed by atoms with Gasteiger partial charge in [-0.3, -0.25) is 0 Å². The molecule has 0 spiro atoms. The molecule has 0 bridgehead atoms. The van der Waals surface area contributed by atoms with Crippen molar-refractivity contribution in [2.45, 2.75) is 59.3 Å². The molecule has 0 aliphatic heterocycles. The molecule has 0 N–H and O–H groups in total. The number of rotatable bonds is 6. The highest BCUT2D eigenvalue weighted by atomic mass is 19.1. The van der Waals surface area contributed by atoms with E-state index < -0.39 is 0 Å². The lowest BCUT2D eigenvalue weighted by Crippen LogP contribution is -2.26. The summed E-state index contributed by atoms with van der Waals surface area (Å²) in [5.41, 5.74) is 3.80. The molecule has 0 heterocycles. The molecule has 1 aliphatic rings. The second kappa shape index (κ2) is 6.77. The molecule has 116 valence electrons. The number of aryl methyl sites for hydroxylation is 1. The number of halogens is 1. The first kappa shape index (κ1) is 16.3. The lowest BCUT2D eigenvalue weighted by Gasteiger charge is -2.39. The van der Waals surface area contributed by atoms with Gasteiger partial charge in [-0.25, -0.2) is 4.39 Å². The van der Waals surface area contributed by atoms with Crippen LogP contribution < -0.4 is 0 Å². The summed E-state index contributed by atoms with van der Waals surface area (Å²) in [5.74, 6) is 2.32. The molecule has 1 saturated carbocycles. The fourth-order valence-electron chi connectivity index (χ4n) is 3.61. The molecule has 21 heavy (non-hydrogen) atoms. The van der Waals surface area contributed by atoms with Crippen molar-refractivity contribution >= 4 is 0 Å². The van der Waals surface area contributed by atoms with E-state index in [1.807, 2.05) is 13.0 Å². The molecule has 0 amide bonds. The maximum atomic E-state index is 13.4. The lowest BCUT2D eigenvalue weighted by atomic mass is 9.66. The molecular formula is C20H29F. The van der Waals surface area contributed by atoms with Gasteiger partial charge < -0.3 is 0 Å². The average Bonchev–Trinajstić information content (AvgIpc) is 2.34. The standard InChI is InChI=1S/C20H29F/c1-13(2)14(3)11-16(5)20(17-7-6-8-17)19-10-9-18(21)12-15(19)4/h9-10,12-13,16-17,20H,3,6-8,11H2,1-2,4-5H3/t16?,20-/m0/s1. The van der Waals surface area contributed by atoms with Crippen molar-refractivity contribution in [1.29, 1.82) is 0 Å². The summed E-state index contributed by atoms with van der Waals surface area (Å²) in [6.45, 7) is 13.1. The van der Waals surface area contributed by atoms with Crippen LogP contribution >= 0.6 is 0 Å². The Labute approximate surface area is 129 Å². The van der Waals surface area contributed by atoms with E-state index in [2.05, 4.69) is 27.4 Å². The van der Waals surface area contributed by atoms with E-state index in [1.54, 1.807) is 12.1 Å². The molecule has 1 aliphatic carbocycles. The molecular weight excluding hydrogens is 259 g/mol. The molecule has 1 heteroatoms. The minimum Gasteiger partial charge on any atom is -0.207 e. The zero-order valence-corrected chi connectivity index (χ0v) is 14.0. The summed E-state index contributed by atoms with van der Waals surface area (Å²) in [7, 11) is 0. The topological polar surface area (TPSA) is 0 Å². The molecule has 1 aromatic carbocycles. The summed E-state index contributed by atoms with van der Waals surface area (Å²) in [6, 6.07) is 5.32. The second-order valence-corrected chi connectivity index (χ2v) is 7.21. The van der Waals surface area contributed by atoms with Crippen LogP contribution in [0.3, 0.4) is 0 Å². The fourth-order valence-corrected chi connectivity index (χ4v) is 3.61. The van der Waals surface area contributed by atoms with Gasteiger partial charge in [0.25, 0.3) is 0 Å². The van der Waals surface area contributed by atoms with Crippen LogP contribution in [0.2, 0.25) is 0 Å². The van der Waals surface area contributed by atoms with Crippen LogP contribution in [0, 0.1) is 30.5 Å². The van der Waals surface area contributed by atoms with Crippen LogP contribution in [0.4, 0.5) is 4.39 Å². The third-order valence-corrected chi connectivity index (χ3v) is 5.26. The molecule has 1 fully saturated rings. The summed E-state index contributed by atoms with van der Waals surface area (Å²) < 4.78 is 13.4. The van der Waals surface area contributed by atoms with E-state index in [1.165, 1.54) is 30.4 Å². The van der Waals surface area contributed by atoms with Crippen molar-refractivity contribution in [3.05, 3.63) is 47.3 Å². The first-order valence-corrected chi connectivity index (χ1v) is 8.33. The maximum absolute atomic E-state index is 13.4. The Morgan fingerprint density at radius 3 is 2.43 bits per heavy atom. The molecule has 0 aromatic heterocycles. The minimum atomic E-state index is -0.122. The van der Waals surface area contributed by atoms with Gasteiger partial charge in [0.2, 0.25) is 0 Å². The Balaban J connectivity index is 2.23. The third kappa shape index (κ3) is 3.75. The Bertz CT molecular complexity index is 497. The maximum Gasteiger partial charge on any atom is 0.123 e. The van der Waals surface area contributed by atoms with Gasteiger partial charge in [0.1, 0.15) is 5.82 Å². The summed E-state index contributed by atoms with van der Waals surface area (Å²) >= 11 is 0. The van der Waals surface area contributed by atoms with Crippen LogP contribution in [0.15, 0.2) is 30.4 Å². The van der Waals surface area contributed by atoms with Crippen molar-refractivity contribution in [3.63, 3.8) is 0 Å². The van der Waals surface area contributed by atoms with E-state index in [9.17, 15) is 4.39 Å². The quantitative estimate of drug-likeness (QED) is 0.542. The summed E-state index contributed by atoms with van der Waals surface area (Å²) in [6.07, 6.45) is 5.06. The second-order valence-electron chi connectivity index (χ2n) is 7.21. The Kier molecular flexibility index (Phi) is 5.24. The largest absolute Gasteiger partial charge is 0.207 e. The van der Waals surface area contributed by atoms with E-state index in [-0.39, 0.29) is 5.82 Å². The Hall–Kier alpha value is -1.11. The number of allylic oxidation sites excluding steroid dienone is 1. The van der Waals surface area contributed by atoms with Crippen molar-refractivity contribution in [2.24, 2.45) is 17.8 Å². The summed E-state index contributed by atoms with van der Waals surface area (Å²) in [5, 5.41) is 0. The van der Waals surface area contributed by atoms with Crippen molar-refractivity contribution in [2.75, 3.05) is 0 Å². The van der Waals surface area contributed by atoms with Gasteiger partial charge in [0, 0.05) is 0 Å². The predicted octanol–water partition coefficient (Wildman–Crippen LogP) is 6.26. The number of benzene rings is 1. The van der Waals surface area contributed by atoms with Gasteiger partial charge >= 0.3 is 0 Å². The van der Waals surface area contributed by atoms with Gasteiger partial charge in [-0.1, -0.05) is 45.4 Å². The molecule has 1 aromatic rings. The van der Waals surface area contributed by atoms with Crippen molar-refractivity contribution in [1.82, 2.24) is 0 Å².